The van der Waals surface area contributed by atoms with Crippen LogP contribution in [-0.2, 0) is 14.3 Å². The zero-order valence-corrected chi connectivity index (χ0v) is 17.6. The van der Waals surface area contributed by atoms with Crippen molar-refractivity contribution in [2.75, 3.05) is 30.8 Å². The number of anilines is 1. The molecule has 1 amide bonds. The zero-order chi connectivity index (χ0) is 20.7. The molecule has 1 aliphatic heterocycles. The second-order valence-corrected chi connectivity index (χ2v) is 8.40. The number of nitro benzene ring substituents is 1. The van der Waals surface area contributed by atoms with E-state index in [4.69, 9.17) is 28.6 Å². The first-order valence-electron chi connectivity index (χ1n) is 8.57. The van der Waals surface area contributed by atoms with E-state index in [9.17, 15) is 19.7 Å². The molecule has 8 nitrogen and oxygen atoms in total. The molecular weight excluding hydrogens is 426 g/mol. The molecule has 0 saturated carbocycles. The number of thiocarbonyl (C=S) groups is 1. The van der Waals surface area contributed by atoms with Gasteiger partial charge in [0.25, 0.3) is 11.6 Å². The number of hydrogen-bond donors (Lipinski definition) is 1. The van der Waals surface area contributed by atoms with Gasteiger partial charge in [0, 0.05) is 24.2 Å². The summed E-state index contributed by atoms with van der Waals surface area (Å²) in [6, 6.07) is 3.85. The number of rotatable bonds is 6. The molecule has 1 saturated heterocycles. The van der Waals surface area contributed by atoms with Crippen LogP contribution < -0.4 is 5.32 Å². The molecule has 0 atom stereocenters. The Hall–Kier alpha value is -1.91. The third-order valence-corrected chi connectivity index (χ3v) is 5.88. The van der Waals surface area contributed by atoms with Crippen molar-refractivity contribution in [2.24, 2.45) is 5.92 Å². The molecule has 1 fully saturated rings. The Kier molecular flexibility index (Phi) is 8.46. The molecule has 0 aliphatic carbocycles. The summed E-state index contributed by atoms with van der Waals surface area (Å²) in [6.07, 6.45) is 2.14. The number of carbonyl (C=O) groups excluding carboxylic acids is 2. The minimum atomic E-state index is -0.684. The molecule has 1 aliphatic rings. The molecule has 1 heterocycles. The Morgan fingerprint density at radius 1 is 1.43 bits per heavy atom. The Morgan fingerprint density at radius 2 is 2.11 bits per heavy atom. The maximum absolute atomic E-state index is 11.9. The Morgan fingerprint density at radius 3 is 2.75 bits per heavy atom. The lowest BCUT2D eigenvalue weighted by Crippen LogP contribution is -2.36. The average molecular weight is 446 g/mol. The molecule has 2 rings (SSSR count). The van der Waals surface area contributed by atoms with E-state index >= 15 is 0 Å². The third kappa shape index (κ3) is 6.92. The van der Waals surface area contributed by atoms with Crippen LogP contribution in [0.15, 0.2) is 18.2 Å². The van der Waals surface area contributed by atoms with Crippen LogP contribution in [0.1, 0.15) is 19.8 Å². The first-order valence-corrected chi connectivity index (χ1v) is 10.3. The van der Waals surface area contributed by atoms with Gasteiger partial charge < -0.3 is 15.0 Å². The lowest BCUT2D eigenvalue weighted by molar-refractivity contribution is -0.383. The summed E-state index contributed by atoms with van der Waals surface area (Å²) >= 11 is 12.3. The largest absolute Gasteiger partial charge is 0.455 e. The van der Waals surface area contributed by atoms with Crippen molar-refractivity contribution in [3.05, 3.63) is 33.3 Å². The summed E-state index contributed by atoms with van der Waals surface area (Å²) < 4.78 is 5.55. The lowest BCUT2D eigenvalue weighted by atomic mass is 10.00. The van der Waals surface area contributed by atoms with Crippen LogP contribution in [0.2, 0.25) is 5.02 Å². The standard InChI is InChI=1S/C17H20ClN3O5S2/c1-11-4-6-20(7-5-11)17(27)28-10-16(23)26-9-15(22)19-13-3-2-12(18)8-14(13)21(24)25/h2-3,8,11H,4-7,9-10H2,1H3,(H,19,22). The van der Waals surface area contributed by atoms with Gasteiger partial charge in [-0.05, 0) is 30.9 Å². The smallest absolute Gasteiger partial charge is 0.316 e. The van der Waals surface area contributed by atoms with Crippen molar-refractivity contribution in [3.63, 3.8) is 0 Å². The number of piperidine rings is 1. The maximum Gasteiger partial charge on any atom is 0.316 e. The van der Waals surface area contributed by atoms with Gasteiger partial charge in [-0.3, -0.25) is 19.7 Å². The number of thioether (sulfide) groups is 1. The van der Waals surface area contributed by atoms with Crippen LogP contribution in [0.3, 0.4) is 0 Å². The van der Waals surface area contributed by atoms with Crippen LogP contribution in [-0.4, -0.2) is 51.5 Å². The Bertz CT molecular complexity index is 769. The number of hydrogen-bond acceptors (Lipinski definition) is 7. The van der Waals surface area contributed by atoms with Crippen molar-refractivity contribution in [1.29, 1.82) is 0 Å². The summed E-state index contributed by atoms with van der Waals surface area (Å²) in [6.45, 7) is 3.41. The summed E-state index contributed by atoms with van der Waals surface area (Å²) in [7, 11) is 0. The van der Waals surface area contributed by atoms with Crippen molar-refractivity contribution in [3.8, 4) is 0 Å². The average Bonchev–Trinajstić information content (AvgIpc) is 2.66. The van der Waals surface area contributed by atoms with Crippen LogP contribution in [0, 0.1) is 16.0 Å². The molecule has 1 N–H and O–H groups in total. The summed E-state index contributed by atoms with van der Waals surface area (Å²) in [5.74, 6) is -0.585. The van der Waals surface area contributed by atoms with Gasteiger partial charge in [-0.2, -0.15) is 0 Å². The molecule has 0 bridgehead atoms. The number of esters is 1. The fraction of sp³-hybridized carbons (Fsp3) is 0.471. The predicted molar refractivity (Wildman–Crippen MR) is 113 cm³/mol. The molecular formula is C17H20ClN3O5S2. The van der Waals surface area contributed by atoms with Gasteiger partial charge in [0.2, 0.25) is 0 Å². The highest BCUT2D eigenvalue weighted by atomic mass is 35.5. The third-order valence-electron chi connectivity index (χ3n) is 4.15. The number of carbonyl (C=O) groups is 2. The number of halogens is 1. The van der Waals surface area contributed by atoms with Crippen molar-refractivity contribution in [1.82, 2.24) is 4.90 Å². The fourth-order valence-electron chi connectivity index (χ4n) is 2.54. The summed E-state index contributed by atoms with van der Waals surface area (Å²) in [5.41, 5.74) is -0.366. The second-order valence-electron chi connectivity index (χ2n) is 6.35. The fourth-order valence-corrected chi connectivity index (χ4v) is 3.75. The monoisotopic (exact) mass is 445 g/mol. The molecule has 0 spiro atoms. The molecule has 0 aromatic heterocycles. The maximum atomic E-state index is 11.9. The Labute approximate surface area is 177 Å². The Balaban J connectivity index is 1.75. The zero-order valence-electron chi connectivity index (χ0n) is 15.2. The van der Waals surface area contributed by atoms with E-state index in [2.05, 4.69) is 17.1 Å². The molecule has 11 heteroatoms. The van der Waals surface area contributed by atoms with Gasteiger partial charge in [0.05, 0.1) is 10.7 Å². The number of benzene rings is 1. The first kappa shape index (κ1) is 22.4. The van der Waals surface area contributed by atoms with Crippen molar-refractivity contribution < 1.29 is 19.2 Å². The minimum Gasteiger partial charge on any atom is -0.455 e. The number of ether oxygens (including phenoxy) is 1. The van der Waals surface area contributed by atoms with E-state index in [1.807, 2.05) is 0 Å². The van der Waals surface area contributed by atoms with Gasteiger partial charge in [0.1, 0.15) is 10.0 Å². The number of likely N-dealkylation sites (tertiary alicyclic amines) is 1. The van der Waals surface area contributed by atoms with Crippen LogP contribution in [0.4, 0.5) is 11.4 Å². The van der Waals surface area contributed by atoms with Crippen LogP contribution >= 0.6 is 35.6 Å². The van der Waals surface area contributed by atoms with E-state index in [1.54, 1.807) is 0 Å². The number of nitrogens with zero attached hydrogens (tertiary/aromatic N) is 2. The molecule has 1 aromatic carbocycles. The van der Waals surface area contributed by atoms with Gasteiger partial charge >= 0.3 is 5.97 Å². The van der Waals surface area contributed by atoms with Crippen LogP contribution in [0.5, 0.6) is 0 Å². The molecule has 152 valence electrons. The quantitative estimate of drug-likeness (QED) is 0.307. The van der Waals surface area contributed by atoms with E-state index < -0.39 is 23.4 Å². The number of nitro groups is 1. The highest BCUT2D eigenvalue weighted by molar-refractivity contribution is 8.23. The van der Waals surface area contributed by atoms with Gasteiger partial charge in [-0.15, -0.1) is 0 Å². The predicted octanol–water partition coefficient (Wildman–Crippen LogP) is 3.48. The normalized spacial score (nSPS) is 14.4. The molecule has 0 radical (unpaired) electrons. The highest BCUT2D eigenvalue weighted by Crippen LogP contribution is 2.27. The van der Waals surface area contributed by atoms with E-state index in [0.29, 0.717) is 10.2 Å². The van der Waals surface area contributed by atoms with Gasteiger partial charge in [-0.25, -0.2) is 0 Å². The minimum absolute atomic E-state index is 0.000735. The lowest BCUT2D eigenvalue weighted by Gasteiger charge is -2.31. The molecule has 1 aromatic rings. The van der Waals surface area contributed by atoms with Crippen molar-refractivity contribution >= 4 is 63.2 Å². The van der Waals surface area contributed by atoms with Crippen molar-refractivity contribution in [2.45, 2.75) is 19.8 Å². The van der Waals surface area contributed by atoms with Gasteiger partial charge in [0.15, 0.2) is 6.61 Å². The summed E-state index contributed by atoms with van der Waals surface area (Å²) in [4.78, 5) is 36.2. The van der Waals surface area contributed by atoms with Gasteiger partial charge in [-0.1, -0.05) is 42.5 Å². The first-order chi connectivity index (χ1) is 13.3. The molecule has 0 unspecified atom stereocenters. The number of nitrogens with one attached hydrogen (secondary N) is 1. The number of amides is 1. The second kappa shape index (κ2) is 10.6. The summed E-state index contributed by atoms with van der Waals surface area (Å²) in [5, 5.41) is 13.5. The highest BCUT2D eigenvalue weighted by Gasteiger charge is 2.20. The van der Waals surface area contributed by atoms with E-state index in [0.717, 1.165) is 32.0 Å². The topological polar surface area (TPSA) is 102 Å². The molecule has 28 heavy (non-hydrogen) atoms. The van der Waals surface area contributed by atoms with Crippen LogP contribution in [0.25, 0.3) is 0 Å². The van der Waals surface area contributed by atoms with E-state index in [1.165, 1.54) is 23.9 Å². The van der Waals surface area contributed by atoms with E-state index in [-0.39, 0.29) is 22.2 Å². The SMILES string of the molecule is CC1CCN(C(=S)SCC(=O)OCC(=O)Nc2ccc(Cl)cc2[N+](=O)[O-])CC1.